The van der Waals surface area contributed by atoms with Gasteiger partial charge in [0.05, 0.1) is 6.33 Å². The molecule has 9 heteroatoms. The van der Waals surface area contributed by atoms with Gasteiger partial charge in [0.1, 0.15) is 30.2 Å². The van der Waals surface area contributed by atoms with Crippen LogP contribution >= 0.6 is 0 Å². The van der Waals surface area contributed by atoms with Crippen molar-refractivity contribution in [2.75, 3.05) is 12.3 Å². The highest BCUT2D eigenvalue weighted by Crippen LogP contribution is 2.43. The van der Waals surface area contributed by atoms with Gasteiger partial charge >= 0.3 is 0 Å². The number of anilines is 1. The highest BCUT2D eigenvalue weighted by atomic mass is 16.8. The average molecular weight is 396 g/mol. The zero-order valence-corrected chi connectivity index (χ0v) is 16.4. The van der Waals surface area contributed by atoms with E-state index < -0.39 is 12.0 Å². The molecule has 1 aromatic carbocycles. The third kappa shape index (κ3) is 3.36. The lowest BCUT2D eigenvalue weighted by molar-refractivity contribution is -0.195. The molecule has 2 aliphatic heterocycles. The van der Waals surface area contributed by atoms with Crippen molar-refractivity contribution in [2.24, 2.45) is 0 Å². The van der Waals surface area contributed by atoms with Crippen LogP contribution in [0.4, 0.5) is 5.82 Å². The van der Waals surface area contributed by atoms with Crippen molar-refractivity contribution >= 4 is 17.0 Å². The van der Waals surface area contributed by atoms with Gasteiger partial charge in [0, 0.05) is 13.1 Å². The number of benzene rings is 1. The molecule has 2 aromatic heterocycles. The predicted molar refractivity (Wildman–Crippen MR) is 106 cm³/mol. The van der Waals surface area contributed by atoms with Crippen LogP contribution in [0.2, 0.25) is 0 Å². The van der Waals surface area contributed by atoms with E-state index in [1.807, 2.05) is 36.6 Å². The van der Waals surface area contributed by atoms with Crippen LogP contribution < -0.4 is 11.1 Å². The van der Waals surface area contributed by atoms with Gasteiger partial charge in [-0.2, -0.15) is 0 Å². The molecule has 2 fully saturated rings. The number of ether oxygens (including phenoxy) is 3. The highest BCUT2D eigenvalue weighted by Gasteiger charge is 2.55. The van der Waals surface area contributed by atoms with Gasteiger partial charge < -0.3 is 25.3 Å². The molecule has 2 saturated heterocycles. The third-order valence-corrected chi connectivity index (χ3v) is 5.30. The zero-order chi connectivity index (χ0) is 20.0. The Hall–Kier alpha value is -2.59. The Morgan fingerprint density at radius 1 is 1.10 bits per heavy atom. The molecule has 9 nitrogen and oxygen atoms in total. The van der Waals surface area contributed by atoms with E-state index in [0.29, 0.717) is 23.5 Å². The Kier molecular flexibility index (Phi) is 4.47. The maximum atomic E-state index is 6.36. The standard InChI is InChI=1S/C20H24N6O3/c1-20(2)28-15-13(9-22-8-12-6-4-3-5-7-12)27-19(16(15)29-20)26-11-25-14-17(21)23-10-24-18(14)26/h3-7,10-11,13,15-16,19,22H,8-9H2,1-2H3,(H2,21,23,24)/t13-,15-,16+,19-/m1/s1. The Morgan fingerprint density at radius 2 is 1.90 bits per heavy atom. The van der Waals surface area contributed by atoms with Crippen molar-refractivity contribution in [1.29, 1.82) is 0 Å². The summed E-state index contributed by atoms with van der Waals surface area (Å²) in [5.41, 5.74) is 8.32. The largest absolute Gasteiger partial charge is 0.382 e. The van der Waals surface area contributed by atoms with Crippen LogP contribution in [0.1, 0.15) is 25.6 Å². The molecule has 152 valence electrons. The fourth-order valence-corrected chi connectivity index (χ4v) is 4.06. The third-order valence-electron chi connectivity index (χ3n) is 5.30. The van der Waals surface area contributed by atoms with Gasteiger partial charge in [-0.05, 0) is 19.4 Å². The molecule has 3 aromatic rings. The molecular weight excluding hydrogens is 372 g/mol. The van der Waals surface area contributed by atoms with Gasteiger partial charge in [-0.15, -0.1) is 0 Å². The Labute approximate surface area is 168 Å². The van der Waals surface area contributed by atoms with Crippen molar-refractivity contribution in [3.8, 4) is 0 Å². The van der Waals surface area contributed by atoms with E-state index in [1.54, 1.807) is 6.33 Å². The second-order valence-electron chi connectivity index (χ2n) is 7.83. The molecule has 0 amide bonds. The maximum absolute atomic E-state index is 6.36. The summed E-state index contributed by atoms with van der Waals surface area (Å²) in [4.78, 5) is 12.7. The summed E-state index contributed by atoms with van der Waals surface area (Å²) in [6.07, 6.45) is 2.04. The smallest absolute Gasteiger partial charge is 0.167 e. The summed E-state index contributed by atoms with van der Waals surface area (Å²) >= 11 is 0. The molecule has 29 heavy (non-hydrogen) atoms. The summed E-state index contributed by atoms with van der Waals surface area (Å²) in [7, 11) is 0. The van der Waals surface area contributed by atoms with Gasteiger partial charge in [-0.3, -0.25) is 4.57 Å². The summed E-state index contributed by atoms with van der Waals surface area (Å²) in [6, 6.07) is 10.3. The topological polar surface area (TPSA) is 109 Å². The Balaban J connectivity index is 1.38. The summed E-state index contributed by atoms with van der Waals surface area (Å²) in [5, 5.41) is 3.46. The Morgan fingerprint density at radius 3 is 2.72 bits per heavy atom. The molecule has 5 rings (SSSR count). The number of hydrogen-bond donors (Lipinski definition) is 2. The summed E-state index contributed by atoms with van der Waals surface area (Å²) in [5.74, 6) is -0.340. The van der Waals surface area contributed by atoms with E-state index in [4.69, 9.17) is 19.9 Å². The molecule has 0 spiro atoms. The monoisotopic (exact) mass is 396 g/mol. The van der Waals surface area contributed by atoms with E-state index in [-0.39, 0.29) is 18.3 Å². The summed E-state index contributed by atoms with van der Waals surface area (Å²) < 4.78 is 20.6. The molecule has 4 heterocycles. The number of imidazole rings is 1. The lowest BCUT2D eigenvalue weighted by Gasteiger charge is -2.25. The van der Waals surface area contributed by atoms with Crippen LogP contribution in [0.15, 0.2) is 43.0 Å². The van der Waals surface area contributed by atoms with E-state index in [2.05, 4.69) is 32.4 Å². The van der Waals surface area contributed by atoms with Gasteiger partial charge in [-0.1, -0.05) is 30.3 Å². The van der Waals surface area contributed by atoms with Crippen molar-refractivity contribution < 1.29 is 14.2 Å². The second kappa shape index (κ2) is 7.03. The molecule has 0 unspecified atom stereocenters. The van der Waals surface area contributed by atoms with Crippen LogP contribution in [0, 0.1) is 0 Å². The van der Waals surface area contributed by atoms with Gasteiger partial charge in [0.2, 0.25) is 0 Å². The zero-order valence-electron chi connectivity index (χ0n) is 16.4. The molecule has 4 atom stereocenters. The number of hydrogen-bond acceptors (Lipinski definition) is 8. The van der Waals surface area contributed by atoms with E-state index in [9.17, 15) is 0 Å². The number of nitrogens with zero attached hydrogens (tertiary/aromatic N) is 4. The first-order chi connectivity index (χ1) is 14.0. The number of aromatic nitrogens is 4. The molecule has 2 aliphatic rings. The van der Waals surface area contributed by atoms with Crippen LogP contribution in [-0.4, -0.2) is 50.2 Å². The number of nitrogen functional groups attached to an aromatic ring is 1. The van der Waals surface area contributed by atoms with Gasteiger partial charge in [0.15, 0.2) is 23.5 Å². The van der Waals surface area contributed by atoms with Gasteiger partial charge in [-0.25, -0.2) is 15.0 Å². The number of rotatable bonds is 5. The van der Waals surface area contributed by atoms with Crippen LogP contribution in [-0.2, 0) is 20.8 Å². The first kappa shape index (κ1) is 18.4. The molecule has 0 aliphatic carbocycles. The van der Waals surface area contributed by atoms with Crippen molar-refractivity contribution in [3.63, 3.8) is 0 Å². The minimum Gasteiger partial charge on any atom is -0.382 e. The van der Waals surface area contributed by atoms with Crippen molar-refractivity contribution in [3.05, 3.63) is 48.5 Å². The van der Waals surface area contributed by atoms with Crippen LogP contribution in [0.5, 0.6) is 0 Å². The molecule has 0 saturated carbocycles. The van der Waals surface area contributed by atoms with E-state index in [0.717, 1.165) is 6.54 Å². The van der Waals surface area contributed by atoms with Gasteiger partial charge in [0.25, 0.3) is 0 Å². The molecular formula is C20H24N6O3. The maximum Gasteiger partial charge on any atom is 0.167 e. The molecule has 3 N–H and O–H groups in total. The van der Waals surface area contributed by atoms with Crippen LogP contribution in [0.3, 0.4) is 0 Å². The normalized spacial score (nSPS) is 28.1. The Bertz CT molecular complexity index is 1010. The van der Waals surface area contributed by atoms with Crippen molar-refractivity contribution in [1.82, 2.24) is 24.8 Å². The van der Waals surface area contributed by atoms with Crippen LogP contribution in [0.25, 0.3) is 11.2 Å². The number of nitrogens with two attached hydrogens (primary N) is 1. The SMILES string of the molecule is CC1(C)O[C@H]2[C@H](O1)[C@@H](CNCc1ccccc1)O[C@H]2n1cnc2c(N)ncnc21. The minimum atomic E-state index is -0.681. The first-order valence-electron chi connectivity index (χ1n) is 9.70. The molecule has 0 radical (unpaired) electrons. The fraction of sp³-hybridized carbons (Fsp3) is 0.450. The summed E-state index contributed by atoms with van der Waals surface area (Å²) in [6.45, 7) is 5.23. The van der Waals surface area contributed by atoms with E-state index in [1.165, 1.54) is 11.9 Å². The van der Waals surface area contributed by atoms with Crippen molar-refractivity contribution in [2.45, 2.75) is 50.7 Å². The van der Waals surface area contributed by atoms with E-state index >= 15 is 0 Å². The second-order valence-corrected chi connectivity index (χ2v) is 7.83. The number of nitrogens with one attached hydrogen (secondary N) is 1. The first-order valence-corrected chi connectivity index (χ1v) is 9.70. The lowest BCUT2D eigenvalue weighted by Crippen LogP contribution is -2.37. The molecule has 0 bridgehead atoms. The quantitative estimate of drug-likeness (QED) is 0.670. The number of fused-ring (bicyclic) bond motifs is 2. The fourth-order valence-electron chi connectivity index (χ4n) is 4.06. The highest BCUT2D eigenvalue weighted by molar-refractivity contribution is 5.81. The predicted octanol–water partition coefficient (Wildman–Crippen LogP) is 1.62. The minimum absolute atomic E-state index is 0.174. The lowest BCUT2D eigenvalue weighted by atomic mass is 10.1. The average Bonchev–Trinajstić information content (AvgIpc) is 3.35.